The SMILES string of the molecule is Cc1ccc(-c2ccc(C(=O)NC3CCN(c4ccccn4)C3)cc2)cc1. The summed E-state index contributed by atoms with van der Waals surface area (Å²) in [5.74, 6) is 0.954. The zero-order chi connectivity index (χ0) is 18.6. The minimum absolute atomic E-state index is 0.0154. The van der Waals surface area contributed by atoms with E-state index in [1.54, 1.807) is 6.20 Å². The molecule has 4 heteroatoms. The van der Waals surface area contributed by atoms with Gasteiger partial charge in [0.2, 0.25) is 0 Å². The lowest BCUT2D eigenvalue weighted by molar-refractivity contribution is 0.0940. The van der Waals surface area contributed by atoms with E-state index >= 15 is 0 Å². The zero-order valence-corrected chi connectivity index (χ0v) is 15.4. The van der Waals surface area contributed by atoms with Crippen LogP contribution in [0.15, 0.2) is 72.9 Å². The Hall–Kier alpha value is -3.14. The predicted octanol–water partition coefficient (Wildman–Crippen LogP) is 4.07. The molecule has 2 heterocycles. The van der Waals surface area contributed by atoms with E-state index in [-0.39, 0.29) is 11.9 Å². The standard InChI is InChI=1S/C23H23N3O/c1-17-5-7-18(8-6-17)19-9-11-20(12-10-19)23(27)25-21-13-15-26(16-21)22-4-2-3-14-24-22/h2-12,14,21H,13,15-16H2,1H3,(H,25,27). The molecular formula is C23H23N3O. The summed E-state index contributed by atoms with van der Waals surface area (Å²) in [6.45, 7) is 3.79. The average Bonchev–Trinajstić information content (AvgIpc) is 3.18. The summed E-state index contributed by atoms with van der Waals surface area (Å²) in [4.78, 5) is 19.2. The van der Waals surface area contributed by atoms with E-state index in [0.717, 1.165) is 36.5 Å². The Kier molecular flexibility index (Phi) is 4.88. The Labute approximate surface area is 159 Å². The molecule has 1 atom stereocenters. The van der Waals surface area contributed by atoms with Crippen LogP contribution < -0.4 is 10.2 Å². The molecule has 27 heavy (non-hydrogen) atoms. The number of hydrogen-bond donors (Lipinski definition) is 1. The molecule has 4 nitrogen and oxygen atoms in total. The van der Waals surface area contributed by atoms with Crippen LogP contribution in [0.25, 0.3) is 11.1 Å². The van der Waals surface area contributed by atoms with Crippen LogP contribution in [0.4, 0.5) is 5.82 Å². The van der Waals surface area contributed by atoms with Gasteiger partial charge in [0.1, 0.15) is 5.82 Å². The molecular weight excluding hydrogens is 334 g/mol. The molecule has 0 saturated carbocycles. The Morgan fingerprint density at radius 2 is 1.70 bits per heavy atom. The second-order valence-electron chi connectivity index (χ2n) is 7.04. The Balaban J connectivity index is 1.38. The molecule has 136 valence electrons. The first-order valence-corrected chi connectivity index (χ1v) is 9.33. The number of carbonyl (C=O) groups excluding carboxylic acids is 1. The lowest BCUT2D eigenvalue weighted by atomic mass is 10.0. The van der Waals surface area contributed by atoms with Crippen LogP contribution in [0.1, 0.15) is 22.3 Å². The molecule has 3 aromatic rings. The number of nitrogens with zero attached hydrogens (tertiary/aromatic N) is 2. The van der Waals surface area contributed by atoms with Gasteiger partial charge in [-0.2, -0.15) is 0 Å². The van der Waals surface area contributed by atoms with Gasteiger partial charge in [0.25, 0.3) is 5.91 Å². The fraction of sp³-hybridized carbons (Fsp3) is 0.217. The number of pyridine rings is 1. The number of nitrogens with one attached hydrogen (secondary N) is 1. The highest BCUT2D eigenvalue weighted by atomic mass is 16.1. The summed E-state index contributed by atoms with van der Waals surface area (Å²) >= 11 is 0. The molecule has 0 radical (unpaired) electrons. The highest BCUT2D eigenvalue weighted by Crippen LogP contribution is 2.21. The first-order chi connectivity index (χ1) is 13.2. The van der Waals surface area contributed by atoms with Crippen molar-refractivity contribution in [2.45, 2.75) is 19.4 Å². The lowest BCUT2D eigenvalue weighted by Crippen LogP contribution is -2.37. The minimum atomic E-state index is -0.0154. The molecule has 0 aliphatic carbocycles. The largest absolute Gasteiger partial charge is 0.354 e. The number of hydrogen-bond acceptors (Lipinski definition) is 3. The van der Waals surface area contributed by atoms with Crippen molar-refractivity contribution in [2.24, 2.45) is 0 Å². The van der Waals surface area contributed by atoms with Gasteiger partial charge in [0.05, 0.1) is 0 Å². The van der Waals surface area contributed by atoms with Gasteiger partial charge in [-0.25, -0.2) is 4.98 Å². The van der Waals surface area contributed by atoms with Gasteiger partial charge in [0, 0.05) is 30.9 Å². The molecule has 1 unspecified atom stereocenters. The summed E-state index contributed by atoms with van der Waals surface area (Å²) in [5.41, 5.74) is 4.22. The zero-order valence-electron chi connectivity index (χ0n) is 15.4. The van der Waals surface area contributed by atoms with Crippen LogP contribution in [0, 0.1) is 6.92 Å². The van der Waals surface area contributed by atoms with Crippen LogP contribution in [-0.2, 0) is 0 Å². The fourth-order valence-electron chi connectivity index (χ4n) is 3.46. The van der Waals surface area contributed by atoms with Crippen molar-refractivity contribution < 1.29 is 4.79 Å². The van der Waals surface area contributed by atoms with Gasteiger partial charge < -0.3 is 10.2 Å². The number of aromatic nitrogens is 1. The second-order valence-corrected chi connectivity index (χ2v) is 7.04. The molecule has 0 spiro atoms. The number of amides is 1. The van der Waals surface area contributed by atoms with Crippen molar-refractivity contribution in [3.8, 4) is 11.1 Å². The Bertz CT molecular complexity index is 905. The third-order valence-electron chi connectivity index (χ3n) is 5.03. The summed E-state index contributed by atoms with van der Waals surface area (Å²) in [5, 5.41) is 3.15. The van der Waals surface area contributed by atoms with Crippen molar-refractivity contribution in [2.75, 3.05) is 18.0 Å². The molecule has 1 aliphatic rings. The third kappa shape index (κ3) is 4.00. The molecule has 2 aromatic carbocycles. The van der Waals surface area contributed by atoms with Crippen LogP contribution in [-0.4, -0.2) is 30.0 Å². The van der Waals surface area contributed by atoms with Crippen molar-refractivity contribution in [3.63, 3.8) is 0 Å². The summed E-state index contributed by atoms with van der Waals surface area (Å²) < 4.78 is 0. The van der Waals surface area contributed by atoms with E-state index in [1.165, 1.54) is 5.56 Å². The maximum atomic E-state index is 12.6. The minimum Gasteiger partial charge on any atom is -0.354 e. The van der Waals surface area contributed by atoms with E-state index in [2.05, 4.69) is 46.4 Å². The first-order valence-electron chi connectivity index (χ1n) is 9.33. The molecule has 1 aromatic heterocycles. The number of anilines is 1. The van der Waals surface area contributed by atoms with Crippen molar-refractivity contribution in [1.29, 1.82) is 0 Å². The topological polar surface area (TPSA) is 45.2 Å². The highest BCUT2D eigenvalue weighted by molar-refractivity contribution is 5.95. The normalized spacial score (nSPS) is 16.3. The lowest BCUT2D eigenvalue weighted by Gasteiger charge is -2.17. The van der Waals surface area contributed by atoms with Crippen LogP contribution in [0.2, 0.25) is 0 Å². The molecule has 1 fully saturated rings. The van der Waals surface area contributed by atoms with E-state index in [4.69, 9.17) is 0 Å². The average molecular weight is 357 g/mol. The second kappa shape index (κ2) is 7.62. The third-order valence-corrected chi connectivity index (χ3v) is 5.03. The molecule has 1 N–H and O–H groups in total. The summed E-state index contributed by atoms with van der Waals surface area (Å²) in [7, 11) is 0. The highest BCUT2D eigenvalue weighted by Gasteiger charge is 2.24. The number of rotatable bonds is 4. The monoisotopic (exact) mass is 357 g/mol. The van der Waals surface area contributed by atoms with Gasteiger partial charge in [-0.05, 0) is 48.7 Å². The molecule has 1 amide bonds. The fourth-order valence-corrected chi connectivity index (χ4v) is 3.46. The van der Waals surface area contributed by atoms with Crippen LogP contribution in [0.5, 0.6) is 0 Å². The predicted molar refractivity (Wildman–Crippen MR) is 109 cm³/mol. The van der Waals surface area contributed by atoms with Crippen molar-refractivity contribution in [3.05, 3.63) is 84.1 Å². The van der Waals surface area contributed by atoms with E-state index in [9.17, 15) is 4.79 Å². The number of benzene rings is 2. The Morgan fingerprint density at radius 3 is 2.37 bits per heavy atom. The van der Waals surface area contributed by atoms with Crippen LogP contribution in [0.3, 0.4) is 0 Å². The maximum Gasteiger partial charge on any atom is 0.251 e. The number of aryl methyl sites for hydroxylation is 1. The van der Waals surface area contributed by atoms with Crippen molar-refractivity contribution in [1.82, 2.24) is 10.3 Å². The molecule has 0 bridgehead atoms. The molecule has 1 saturated heterocycles. The van der Waals surface area contributed by atoms with Gasteiger partial charge in [-0.1, -0.05) is 48.0 Å². The van der Waals surface area contributed by atoms with Gasteiger partial charge in [-0.15, -0.1) is 0 Å². The Morgan fingerprint density at radius 1 is 1.00 bits per heavy atom. The molecule has 4 rings (SSSR count). The first kappa shape index (κ1) is 17.3. The van der Waals surface area contributed by atoms with Gasteiger partial charge in [-0.3, -0.25) is 4.79 Å². The van der Waals surface area contributed by atoms with Gasteiger partial charge >= 0.3 is 0 Å². The van der Waals surface area contributed by atoms with Gasteiger partial charge in [0.15, 0.2) is 0 Å². The number of carbonyl (C=O) groups is 1. The molecule has 1 aliphatic heterocycles. The van der Waals surface area contributed by atoms with E-state index in [1.807, 2.05) is 42.5 Å². The quantitative estimate of drug-likeness (QED) is 0.766. The smallest absolute Gasteiger partial charge is 0.251 e. The van der Waals surface area contributed by atoms with Crippen LogP contribution >= 0.6 is 0 Å². The van der Waals surface area contributed by atoms with Crippen molar-refractivity contribution >= 4 is 11.7 Å². The summed E-state index contributed by atoms with van der Waals surface area (Å²) in [6.07, 6.45) is 2.74. The van der Waals surface area contributed by atoms with E-state index in [0.29, 0.717) is 5.56 Å². The summed E-state index contributed by atoms with van der Waals surface area (Å²) in [6, 6.07) is 22.3. The van der Waals surface area contributed by atoms with E-state index < -0.39 is 0 Å². The maximum absolute atomic E-state index is 12.6.